The summed E-state index contributed by atoms with van der Waals surface area (Å²) in [6, 6.07) is 6.51. The van der Waals surface area contributed by atoms with Crippen LogP contribution in [-0.2, 0) is 19.7 Å². The Balaban J connectivity index is 2.03. The Morgan fingerprint density at radius 2 is 1.56 bits per heavy atom. The van der Waals surface area contributed by atoms with Crippen LogP contribution >= 0.6 is 0 Å². The monoisotopic (exact) mass is 560 g/mol. The maximum absolute atomic E-state index is 10.6. The lowest BCUT2D eigenvalue weighted by molar-refractivity contribution is -0.137. The molecule has 1 heterocycles. The van der Waals surface area contributed by atoms with E-state index in [1.807, 2.05) is 0 Å². The molecule has 0 bridgehead atoms. The topological polar surface area (TPSA) is 65.0 Å². The van der Waals surface area contributed by atoms with Gasteiger partial charge >= 0.3 is 5.97 Å². The van der Waals surface area contributed by atoms with Crippen molar-refractivity contribution < 1.29 is 23.8 Å². The van der Waals surface area contributed by atoms with Crippen LogP contribution in [0.15, 0.2) is 23.8 Å². The third kappa shape index (κ3) is 10.3. The van der Waals surface area contributed by atoms with Gasteiger partial charge in [-0.15, -0.1) is 0 Å². The van der Waals surface area contributed by atoms with E-state index in [9.17, 15) is 4.79 Å². The Morgan fingerprint density at radius 3 is 2.13 bits per heavy atom. The average Bonchev–Trinajstić information content (AvgIpc) is 3.14. The van der Waals surface area contributed by atoms with Crippen LogP contribution in [0.25, 0.3) is 5.76 Å². The fraction of sp³-hybridized carbons (Fsp3) is 0.727. The van der Waals surface area contributed by atoms with E-state index in [-0.39, 0.29) is 16.2 Å². The van der Waals surface area contributed by atoms with Crippen molar-refractivity contribution >= 4 is 20.8 Å². The SMILES string of the molecule is C[SiH](C)Oc1c(C2=C(C(C)(C)COCCCCCCCCCCC(=O)O)C(C)(C)CO2)cccc1C(C)(C)C. The molecule has 0 aliphatic carbocycles. The van der Waals surface area contributed by atoms with Crippen LogP contribution in [0.4, 0.5) is 0 Å². The minimum atomic E-state index is -1.33. The highest BCUT2D eigenvalue weighted by atomic mass is 28.3. The molecule has 0 saturated heterocycles. The fourth-order valence-electron chi connectivity index (χ4n) is 5.75. The molecule has 5 nitrogen and oxygen atoms in total. The summed E-state index contributed by atoms with van der Waals surface area (Å²) in [5.74, 6) is 1.29. The summed E-state index contributed by atoms with van der Waals surface area (Å²) in [7, 11) is -1.33. The molecule has 0 saturated carbocycles. The van der Waals surface area contributed by atoms with Gasteiger partial charge in [-0.25, -0.2) is 0 Å². The Labute approximate surface area is 240 Å². The summed E-state index contributed by atoms with van der Waals surface area (Å²) < 4.78 is 19.4. The molecule has 0 unspecified atom stereocenters. The van der Waals surface area contributed by atoms with Gasteiger partial charge in [0.2, 0.25) is 9.04 Å². The smallest absolute Gasteiger partial charge is 0.303 e. The molecule has 1 aliphatic rings. The van der Waals surface area contributed by atoms with Crippen molar-refractivity contribution in [3.05, 3.63) is 34.9 Å². The molecule has 1 N–H and O–H groups in total. The summed E-state index contributed by atoms with van der Waals surface area (Å²) in [6.45, 7) is 22.4. The van der Waals surface area contributed by atoms with E-state index in [2.05, 4.69) is 79.8 Å². The predicted molar refractivity (Wildman–Crippen MR) is 165 cm³/mol. The minimum Gasteiger partial charge on any atom is -0.546 e. The first-order valence-corrected chi connectivity index (χ1v) is 17.9. The van der Waals surface area contributed by atoms with Gasteiger partial charge in [0.1, 0.15) is 11.5 Å². The predicted octanol–water partition coefficient (Wildman–Crippen LogP) is 8.75. The molecule has 1 aliphatic heterocycles. The quantitative estimate of drug-likeness (QED) is 0.152. The molecule has 6 heteroatoms. The van der Waals surface area contributed by atoms with Gasteiger partial charge in [-0.05, 0) is 48.6 Å². The number of benzene rings is 1. The van der Waals surface area contributed by atoms with E-state index in [0.29, 0.717) is 19.6 Å². The Kier molecular flexibility index (Phi) is 12.6. The molecular formula is C33H56O5Si. The summed E-state index contributed by atoms with van der Waals surface area (Å²) in [4.78, 5) is 10.6. The number of para-hydroxylation sites is 1. The van der Waals surface area contributed by atoms with Crippen molar-refractivity contribution in [2.45, 2.75) is 125 Å². The minimum absolute atomic E-state index is 0.0253. The zero-order chi connectivity index (χ0) is 29.3. The van der Waals surface area contributed by atoms with Crippen molar-refractivity contribution in [3.8, 4) is 5.75 Å². The zero-order valence-corrected chi connectivity index (χ0v) is 27.5. The molecule has 2 rings (SSSR count). The van der Waals surface area contributed by atoms with Gasteiger partial charge in [0.15, 0.2) is 0 Å². The van der Waals surface area contributed by atoms with Crippen molar-refractivity contribution in [1.29, 1.82) is 0 Å². The number of rotatable bonds is 17. The molecule has 39 heavy (non-hydrogen) atoms. The van der Waals surface area contributed by atoms with Crippen LogP contribution in [0.2, 0.25) is 13.1 Å². The highest BCUT2D eigenvalue weighted by Crippen LogP contribution is 2.52. The third-order valence-electron chi connectivity index (χ3n) is 7.47. The average molecular weight is 561 g/mol. The van der Waals surface area contributed by atoms with Crippen molar-refractivity contribution in [1.82, 2.24) is 0 Å². The first kappa shape index (κ1) is 33.4. The summed E-state index contributed by atoms with van der Waals surface area (Å²) >= 11 is 0. The molecule has 1 aromatic rings. The second kappa shape index (κ2) is 14.7. The number of carboxylic acid groups (broad SMARTS) is 1. The van der Waals surface area contributed by atoms with Crippen LogP contribution in [0.5, 0.6) is 5.75 Å². The molecule has 0 amide bonds. The number of unbranched alkanes of at least 4 members (excludes halogenated alkanes) is 7. The Hall–Kier alpha value is -1.79. The summed E-state index contributed by atoms with van der Waals surface area (Å²) in [5.41, 5.74) is 3.35. The summed E-state index contributed by atoms with van der Waals surface area (Å²) in [6.07, 6.45) is 9.14. The molecule has 1 aromatic carbocycles. The van der Waals surface area contributed by atoms with Crippen LogP contribution in [0.1, 0.15) is 117 Å². The standard InChI is InChI=1S/C33H56O5Si/c1-31(2,3)26-20-18-19-25(28(26)38-39(8)9)29-30(33(6,7)24-37-29)32(4,5)23-36-22-17-15-13-11-10-12-14-16-21-27(34)35/h18-20,39H,10-17,21-24H2,1-9H3,(H,34,35). The third-order valence-corrected chi connectivity index (χ3v) is 8.18. The lowest BCUT2D eigenvalue weighted by atomic mass is 9.70. The second-order valence-corrected chi connectivity index (χ2v) is 16.2. The first-order valence-electron chi connectivity index (χ1n) is 15.1. The zero-order valence-electron chi connectivity index (χ0n) is 26.4. The van der Waals surface area contributed by atoms with E-state index in [4.69, 9.17) is 19.0 Å². The number of aliphatic carboxylic acids is 1. The highest BCUT2D eigenvalue weighted by molar-refractivity contribution is 6.49. The van der Waals surface area contributed by atoms with E-state index in [0.717, 1.165) is 49.4 Å². The van der Waals surface area contributed by atoms with E-state index < -0.39 is 15.0 Å². The first-order chi connectivity index (χ1) is 18.2. The van der Waals surface area contributed by atoms with Crippen LogP contribution in [0.3, 0.4) is 0 Å². The fourth-order valence-corrected chi connectivity index (χ4v) is 6.48. The number of hydrogen-bond donors (Lipinski definition) is 1. The molecule has 0 fully saturated rings. The van der Waals surface area contributed by atoms with Crippen LogP contribution in [0, 0.1) is 10.8 Å². The van der Waals surface area contributed by atoms with Crippen LogP contribution in [-0.4, -0.2) is 39.9 Å². The van der Waals surface area contributed by atoms with Gasteiger partial charge in [0.05, 0.1) is 18.8 Å². The Bertz CT molecular complexity index is 955. The molecular weight excluding hydrogens is 504 g/mol. The van der Waals surface area contributed by atoms with Gasteiger partial charge in [0.25, 0.3) is 0 Å². The molecule has 0 aromatic heterocycles. The lowest BCUT2D eigenvalue weighted by Gasteiger charge is -2.34. The maximum atomic E-state index is 10.6. The number of hydrogen-bond acceptors (Lipinski definition) is 4. The van der Waals surface area contributed by atoms with E-state index >= 15 is 0 Å². The number of carbonyl (C=O) groups is 1. The largest absolute Gasteiger partial charge is 0.546 e. The normalized spacial score (nSPS) is 15.6. The van der Waals surface area contributed by atoms with Crippen molar-refractivity contribution in [3.63, 3.8) is 0 Å². The highest BCUT2D eigenvalue weighted by Gasteiger charge is 2.44. The van der Waals surface area contributed by atoms with Gasteiger partial charge in [-0.2, -0.15) is 0 Å². The van der Waals surface area contributed by atoms with Gasteiger partial charge in [-0.3, -0.25) is 4.79 Å². The number of ether oxygens (including phenoxy) is 2. The van der Waals surface area contributed by atoms with E-state index in [1.54, 1.807) is 0 Å². The maximum Gasteiger partial charge on any atom is 0.303 e. The lowest BCUT2D eigenvalue weighted by Crippen LogP contribution is -2.31. The molecule has 0 atom stereocenters. The van der Waals surface area contributed by atoms with Crippen molar-refractivity contribution in [2.24, 2.45) is 10.8 Å². The van der Waals surface area contributed by atoms with E-state index in [1.165, 1.54) is 36.8 Å². The van der Waals surface area contributed by atoms with Crippen molar-refractivity contribution in [2.75, 3.05) is 19.8 Å². The van der Waals surface area contributed by atoms with Gasteiger partial charge < -0.3 is 19.0 Å². The molecule has 0 spiro atoms. The summed E-state index contributed by atoms with van der Waals surface area (Å²) in [5, 5.41) is 8.71. The number of carboxylic acids is 1. The molecule has 0 radical (unpaired) electrons. The van der Waals surface area contributed by atoms with Crippen LogP contribution < -0.4 is 4.43 Å². The van der Waals surface area contributed by atoms with Gasteiger partial charge in [0, 0.05) is 23.9 Å². The molecule has 222 valence electrons. The Morgan fingerprint density at radius 1 is 0.974 bits per heavy atom. The second-order valence-electron chi connectivity index (χ2n) is 13.9. The van der Waals surface area contributed by atoms with Gasteiger partial charge in [-0.1, -0.05) is 99.1 Å².